The Bertz CT molecular complexity index is 514. The van der Waals surface area contributed by atoms with Crippen molar-refractivity contribution in [1.29, 1.82) is 5.26 Å². The summed E-state index contributed by atoms with van der Waals surface area (Å²) in [6.07, 6.45) is 1.15. The first-order valence-electron chi connectivity index (χ1n) is 8.46. The van der Waals surface area contributed by atoms with Gasteiger partial charge in [-0.3, -0.25) is 4.90 Å². The number of hydrogen-bond donors (Lipinski definition) is 1. The minimum atomic E-state index is 0.514. The van der Waals surface area contributed by atoms with Gasteiger partial charge >= 0.3 is 0 Å². The van der Waals surface area contributed by atoms with Crippen molar-refractivity contribution in [3.05, 3.63) is 35.4 Å². The molecule has 0 aromatic heterocycles. The van der Waals surface area contributed by atoms with Crippen molar-refractivity contribution in [2.24, 2.45) is 5.92 Å². The van der Waals surface area contributed by atoms with Gasteiger partial charge in [0.2, 0.25) is 0 Å². The fraction of sp³-hybridized carbons (Fsp3) is 0.611. The predicted molar refractivity (Wildman–Crippen MR) is 88.0 cm³/mol. The summed E-state index contributed by atoms with van der Waals surface area (Å²) in [7, 11) is 0. The minimum Gasteiger partial charge on any atom is -0.381 e. The molecule has 0 amide bonds. The molecule has 0 unspecified atom stereocenters. The summed E-state index contributed by atoms with van der Waals surface area (Å²) in [4.78, 5) is 2.55. The lowest BCUT2D eigenvalue weighted by Gasteiger charge is -2.37. The maximum atomic E-state index is 8.85. The molecule has 124 valence electrons. The van der Waals surface area contributed by atoms with Gasteiger partial charge in [-0.15, -0.1) is 0 Å². The van der Waals surface area contributed by atoms with E-state index in [2.05, 4.69) is 16.3 Å². The third kappa shape index (κ3) is 4.52. The van der Waals surface area contributed by atoms with E-state index in [-0.39, 0.29) is 0 Å². The first-order chi connectivity index (χ1) is 11.4. The highest BCUT2D eigenvalue weighted by Gasteiger charge is 2.31. The second-order valence-corrected chi connectivity index (χ2v) is 6.28. The molecular formula is C18H25N3O2. The van der Waals surface area contributed by atoms with E-state index in [1.54, 1.807) is 0 Å². The summed E-state index contributed by atoms with van der Waals surface area (Å²) in [6.45, 7) is 7.26. The molecule has 23 heavy (non-hydrogen) atoms. The van der Waals surface area contributed by atoms with Gasteiger partial charge in [0.25, 0.3) is 0 Å². The summed E-state index contributed by atoms with van der Waals surface area (Å²) in [5.74, 6) is 0.613. The van der Waals surface area contributed by atoms with Gasteiger partial charge in [-0.2, -0.15) is 5.26 Å². The molecule has 0 aliphatic carbocycles. The van der Waals surface area contributed by atoms with E-state index < -0.39 is 0 Å². The van der Waals surface area contributed by atoms with Crippen LogP contribution < -0.4 is 5.32 Å². The van der Waals surface area contributed by atoms with Crippen molar-refractivity contribution in [2.45, 2.75) is 19.0 Å². The molecule has 2 heterocycles. The lowest BCUT2D eigenvalue weighted by molar-refractivity contribution is 0.00137. The average molecular weight is 315 g/mol. The molecule has 2 atom stereocenters. The third-order valence-electron chi connectivity index (χ3n) is 4.79. The second kappa shape index (κ2) is 8.42. The first-order valence-corrected chi connectivity index (χ1v) is 8.46. The highest BCUT2D eigenvalue weighted by Crippen LogP contribution is 2.22. The van der Waals surface area contributed by atoms with Crippen LogP contribution in [-0.4, -0.2) is 57.0 Å². The van der Waals surface area contributed by atoms with Crippen LogP contribution in [-0.2, 0) is 16.0 Å². The average Bonchev–Trinajstić information content (AvgIpc) is 3.14. The number of ether oxygens (including phenoxy) is 2. The van der Waals surface area contributed by atoms with Gasteiger partial charge in [0.15, 0.2) is 0 Å². The normalized spacial score (nSPS) is 23.5. The highest BCUT2D eigenvalue weighted by molar-refractivity contribution is 5.31. The molecule has 2 saturated heterocycles. The van der Waals surface area contributed by atoms with Crippen molar-refractivity contribution in [2.75, 3.05) is 46.1 Å². The topological polar surface area (TPSA) is 57.5 Å². The van der Waals surface area contributed by atoms with Crippen molar-refractivity contribution < 1.29 is 9.47 Å². The van der Waals surface area contributed by atoms with Gasteiger partial charge in [-0.05, 0) is 24.1 Å². The fourth-order valence-electron chi connectivity index (χ4n) is 3.42. The van der Waals surface area contributed by atoms with Crippen LogP contribution in [0.3, 0.4) is 0 Å². The molecule has 2 fully saturated rings. The van der Waals surface area contributed by atoms with Crippen LogP contribution in [0.5, 0.6) is 0 Å². The molecule has 5 nitrogen and oxygen atoms in total. The summed E-state index contributed by atoms with van der Waals surface area (Å²) in [5.41, 5.74) is 1.93. The third-order valence-corrected chi connectivity index (χ3v) is 4.79. The molecule has 2 aliphatic heterocycles. The van der Waals surface area contributed by atoms with Gasteiger partial charge in [-0.25, -0.2) is 0 Å². The van der Waals surface area contributed by atoms with E-state index in [1.165, 1.54) is 5.56 Å². The molecule has 0 radical (unpaired) electrons. The predicted octanol–water partition coefficient (Wildman–Crippen LogP) is 1.39. The quantitative estimate of drug-likeness (QED) is 0.859. The number of hydrogen-bond acceptors (Lipinski definition) is 5. The Kier molecular flexibility index (Phi) is 6.00. The Balaban J connectivity index is 1.53. The molecule has 2 aliphatic rings. The number of benzene rings is 1. The lowest BCUT2D eigenvalue weighted by Crippen LogP contribution is -2.51. The number of nitrogens with one attached hydrogen (secondary N) is 1. The monoisotopic (exact) mass is 315 g/mol. The van der Waals surface area contributed by atoms with E-state index in [9.17, 15) is 0 Å². The molecule has 1 aromatic carbocycles. The van der Waals surface area contributed by atoms with E-state index >= 15 is 0 Å². The van der Waals surface area contributed by atoms with Gasteiger partial charge in [-0.1, -0.05) is 12.1 Å². The Morgan fingerprint density at radius 3 is 2.61 bits per heavy atom. The van der Waals surface area contributed by atoms with Gasteiger partial charge in [0.05, 0.1) is 31.5 Å². The summed E-state index contributed by atoms with van der Waals surface area (Å²) >= 11 is 0. The molecule has 0 saturated carbocycles. The minimum absolute atomic E-state index is 0.514. The van der Waals surface area contributed by atoms with Crippen LogP contribution in [0.1, 0.15) is 17.5 Å². The summed E-state index contributed by atoms with van der Waals surface area (Å²) in [6, 6.07) is 10.5. The smallest absolute Gasteiger partial charge is 0.0991 e. The molecular weight excluding hydrogens is 290 g/mol. The Morgan fingerprint density at radius 1 is 1.17 bits per heavy atom. The van der Waals surface area contributed by atoms with Crippen LogP contribution in [0.4, 0.5) is 0 Å². The van der Waals surface area contributed by atoms with E-state index in [4.69, 9.17) is 14.7 Å². The number of nitriles is 1. The zero-order chi connectivity index (χ0) is 15.9. The van der Waals surface area contributed by atoms with Crippen molar-refractivity contribution in [3.63, 3.8) is 0 Å². The van der Waals surface area contributed by atoms with E-state index in [1.807, 2.05) is 24.3 Å². The second-order valence-electron chi connectivity index (χ2n) is 6.28. The van der Waals surface area contributed by atoms with Crippen LogP contribution >= 0.6 is 0 Å². The Morgan fingerprint density at radius 2 is 1.96 bits per heavy atom. The Hall–Kier alpha value is -1.45. The number of rotatable bonds is 6. The van der Waals surface area contributed by atoms with Gasteiger partial charge in [0, 0.05) is 44.7 Å². The van der Waals surface area contributed by atoms with Gasteiger partial charge < -0.3 is 14.8 Å². The SMILES string of the molecule is N#Cc1ccc(CNC[C@H]([C@@H]2CCOC2)N2CCOCC2)cc1. The van der Waals surface area contributed by atoms with Crippen LogP contribution in [0.15, 0.2) is 24.3 Å². The number of morpholine rings is 1. The Labute approximate surface area is 138 Å². The standard InChI is InChI=1S/C18H25N3O2/c19-11-15-1-3-16(4-2-15)12-20-13-18(17-5-8-23-14-17)21-6-9-22-10-7-21/h1-4,17-18,20H,5-10,12-14H2/t17-,18-/m1/s1. The molecule has 1 aromatic rings. The summed E-state index contributed by atoms with van der Waals surface area (Å²) < 4.78 is 11.1. The molecule has 0 bridgehead atoms. The van der Waals surface area contributed by atoms with E-state index in [0.717, 1.165) is 59.0 Å². The van der Waals surface area contributed by atoms with Crippen molar-refractivity contribution in [3.8, 4) is 6.07 Å². The van der Waals surface area contributed by atoms with Crippen LogP contribution in [0.25, 0.3) is 0 Å². The number of nitrogens with zero attached hydrogens (tertiary/aromatic N) is 2. The largest absolute Gasteiger partial charge is 0.381 e. The zero-order valence-corrected chi connectivity index (χ0v) is 13.5. The van der Waals surface area contributed by atoms with Crippen LogP contribution in [0, 0.1) is 17.2 Å². The molecule has 3 rings (SSSR count). The van der Waals surface area contributed by atoms with Crippen molar-refractivity contribution in [1.82, 2.24) is 10.2 Å². The van der Waals surface area contributed by atoms with Crippen LogP contribution in [0.2, 0.25) is 0 Å². The fourth-order valence-corrected chi connectivity index (χ4v) is 3.42. The highest BCUT2D eigenvalue weighted by atomic mass is 16.5. The molecule has 5 heteroatoms. The molecule has 0 spiro atoms. The lowest BCUT2D eigenvalue weighted by atomic mass is 9.96. The maximum Gasteiger partial charge on any atom is 0.0991 e. The summed E-state index contributed by atoms with van der Waals surface area (Å²) in [5, 5.41) is 12.4. The molecule has 1 N–H and O–H groups in total. The van der Waals surface area contributed by atoms with E-state index in [0.29, 0.717) is 17.5 Å². The maximum absolute atomic E-state index is 8.85. The zero-order valence-electron chi connectivity index (χ0n) is 13.5. The van der Waals surface area contributed by atoms with Crippen molar-refractivity contribution >= 4 is 0 Å². The first kappa shape index (κ1) is 16.4. The van der Waals surface area contributed by atoms with Gasteiger partial charge in [0.1, 0.15) is 0 Å².